The summed E-state index contributed by atoms with van der Waals surface area (Å²) in [5.74, 6) is 1.01. The van der Waals surface area contributed by atoms with Crippen molar-refractivity contribution in [3.05, 3.63) is 79.0 Å². The number of fused-ring (bicyclic) bond motifs is 1. The van der Waals surface area contributed by atoms with Gasteiger partial charge in [-0.05, 0) is 42.0 Å². The molecule has 0 bridgehead atoms. The Morgan fingerprint density at radius 2 is 1.41 bits per heavy atom. The fourth-order valence-corrected chi connectivity index (χ4v) is 7.04. The number of benzene rings is 3. The van der Waals surface area contributed by atoms with Crippen LogP contribution in [0, 0.1) is 0 Å². The number of aromatic nitrogens is 3. The normalized spacial score (nSPS) is 12.3. The topological polar surface area (TPSA) is 50.9 Å². The van der Waals surface area contributed by atoms with Crippen LogP contribution in [-0.4, -0.2) is 35.8 Å². The van der Waals surface area contributed by atoms with E-state index in [0.29, 0.717) is 0 Å². The van der Waals surface area contributed by atoms with Crippen LogP contribution in [0.1, 0.15) is 0 Å². The molecule has 6 heteroatoms. The van der Waals surface area contributed by atoms with Crippen LogP contribution in [0.2, 0.25) is 39.3 Å². The minimum atomic E-state index is -1.62. The molecule has 0 saturated heterocycles. The molecule has 5 aromatic rings. The van der Waals surface area contributed by atoms with Crippen LogP contribution in [0.15, 0.2) is 79.0 Å². The van der Waals surface area contributed by atoms with Gasteiger partial charge >= 0.3 is 0 Å². The molecule has 4 nitrogen and oxygen atoms in total. The quantitative estimate of drug-likeness (QED) is 0.260. The molecule has 188 valence electrons. The van der Waals surface area contributed by atoms with Crippen molar-refractivity contribution in [3.8, 4) is 39.5 Å². The Morgan fingerprint density at radius 3 is 2.11 bits per heavy atom. The fraction of sp³-hybridized carbons (Fsp3) is 0.226. The highest BCUT2D eigenvalue weighted by molar-refractivity contribution is 6.89. The largest absolute Gasteiger partial charge is 0.507 e. The smallest absolute Gasteiger partial charge is 0.144 e. The van der Waals surface area contributed by atoms with Crippen molar-refractivity contribution >= 4 is 37.6 Å². The standard InChI is InChI=1S/C31H35N3OSi2/c1-34-28-20-24(37(5,6)7)18-26(30(28)33-31(34)25-13-8-9-14-29(25)35)21-11-10-12-22(17-21)27-19-23(15-16-32-27)36(2,3)4/h8-20,35H,1-7H3. The Labute approximate surface area is 221 Å². The molecule has 2 heterocycles. The molecular formula is C31H35N3OSi2. The van der Waals surface area contributed by atoms with Gasteiger partial charge in [-0.3, -0.25) is 4.98 Å². The molecule has 0 unspecified atom stereocenters. The first-order chi connectivity index (χ1) is 17.4. The second-order valence-electron chi connectivity index (χ2n) is 11.9. The van der Waals surface area contributed by atoms with E-state index in [-0.39, 0.29) is 5.75 Å². The van der Waals surface area contributed by atoms with E-state index < -0.39 is 16.1 Å². The summed E-state index contributed by atoms with van der Waals surface area (Å²) in [5, 5.41) is 13.4. The highest BCUT2D eigenvalue weighted by Crippen LogP contribution is 2.35. The molecule has 0 aliphatic rings. The van der Waals surface area contributed by atoms with E-state index >= 15 is 0 Å². The van der Waals surface area contributed by atoms with E-state index in [1.165, 1.54) is 10.4 Å². The molecule has 0 amide bonds. The average Bonchev–Trinajstić information content (AvgIpc) is 3.19. The number of hydrogen-bond acceptors (Lipinski definition) is 3. The minimum Gasteiger partial charge on any atom is -0.507 e. The summed E-state index contributed by atoms with van der Waals surface area (Å²) in [6, 6.07) is 25.1. The molecule has 0 radical (unpaired) electrons. The zero-order valence-electron chi connectivity index (χ0n) is 22.8. The number of phenols is 1. The molecular weight excluding hydrogens is 487 g/mol. The number of para-hydroxylation sites is 1. The van der Waals surface area contributed by atoms with Crippen LogP contribution in [0.25, 0.3) is 44.8 Å². The van der Waals surface area contributed by atoms with Gasteiger partial charge in [-0.15, -0.1) is 0 Å². The highest BCUT2D eigenvalue weighted by atomic mass is 28.3. The van der Waals surface area contributed by atoms with Gasteiger partial charge < -0.3 is 9.67 Å². The minimum absolute atomic E-state index is 0.239. The van der Waals surface area contributed by atoms with E-state index in [9.17, 15) is 5.11 Å². The molecule has 0 fully saturated rings. The van der Waals surface area contributed by atoms with Crippen molar-refractivity contribution in [1.82, 2.24) is 14.5 Å². The van der Waals surface area contributed by atoms with Crippen LogP contribution in [0.3, 0.4) is 0 Å². The monoisotopic (exact) mass is 521 g/mol. The molecule has 0 aliphatic carbocycles. The number of pyridine rings is 1. The zero-order chi connectivity index (χ0) is 26.5. The Hall–Kier alpha value is -3.49. The van der Waals surface area contributed by atoms with Gasteiger partial charge in [-0.2, -0.15) is 0 Å². The van der Waals surface area contributed by atoms with Crippen LogP contribution >= 0.6 is 0 Å². The van der Waals surface area contributed by atoms with E-state index in [1.807, 2.05) is 31.4 Å². The van der Waals surface area contributed by atoms with Crippen molar-refractivity contribution in [2.75, 3.05) is 0 Å². The third kappa shape index (κ3) is 4.79. The number of hydrogen-bond donors (Lipinski definition) is 1. The molecule has 0 saturated carbocycles. The lowest BCUT2D eigenvalue weighted by Gasteiger charge is -2.19. The third-order valence-electron chi connectivity index (χ3n) is 7.09. The molecule has 2 aromatic heterocycles. The predicted molar refractivity (Wildman–Crippen MR) is 162 cm³/mol. The van der Waals surface area contributed by atoms with Gasteiger partial charge in [0.05, 0.1) is 38.4 Å². The lowest BCUT2D eigenvalue weighted by atomic mass is 10.00. The molecule has 0 atom stereocenters. The first-order valence-electron chi connectivity index (χ1n) is 12.8. The van der Waals surface area contributed by atoms with E-state index in [0.717, 1.165) is 44.8 Å². The van der Waals surface area contributed by atoms with Crippen LogP contribution < -0.4 is 10.4 Å². The SMILES string of the molecule is Cn1c(-c2ccccc2O)nc2c(-c3cccc(-c4cc([Si](C)(C)C)ccn4)c3)cc([Si](C)(C)C)cc21. The van der Waals surface area contributed by atoms with Crippen LogP contribution in [0.4, 0.5) is 0 Å². The van der Waals surface area contributed by atoms with E-state index in [4.69, 9.17) is 9.97 Å². The number of rotatable bonds is 5. The number of imidazole rings is 1. The molecule has 5 rings (SSSR count). The number of nitrogens with zero attached hydrogens (tertiary/aromatic N) is 3. The summed E-state index contributed by atoms with van der Waals surface area (Å²) in [6.07, 6.45) is 1.94. The van der Waals surface area contributed by atoms with Gasteiger partial charge in [-0.25, -0.2) is 4.98 Å². The van der Waals surface area contributed by atoms with Gasteiger partial charge in [0.1, 0.15) is 11.6 Å². The molecule has 0 aliphatic heterocycles. The maximum atomic E-state index is 10.6. The van der Waals surface area contributed by atoms with Crippen molar-refractivity contribution in [2.24, 2.45) is 7.05 Å². The van der Waals surface area contributed by atoms with Crippen molar-refractivity contribution in [1.29, 1.82) is 0 Å². The average molecular weight is 522 g/mol. The van der Waals surface area contributed by atoms with Crippen LogP contribution in [-0.2, 0) is 7.05 Å². The Kier molecular flexibility index (Phi) is 6.20. The summed E-state index contributed by atoms with van der Waals surface area (Å²) >= 11 is 0. The summed E-state index contributed by atoms with van der Waals surface area (Å²) < 4.78 is 2.11. The maximum Gasteiger partial charge on any atom is 0.144 e. The third-order valence-corrected chi connectivity index (χ3v) is 11.2. The number of aryl methyl sites for hydroxylation is 1. The Morgan fingerprint density at radius 1 is 0.703 bits per heavy atom. The van der Waals surface area contributed by atoms with Crippen LogP contribution in [0.5, 0.6) is 5.75 Å². The number of phenolic OH excluding ortho intramolecular Hbond substituents is 1. The van der Waals surface area contributed by atoms with Gasteiger partial charge in [0.15, 0.2) is 0 Å². The lowest BCUT2D eigenvalue weighted by molar-refractivity contribution is 0.476. The van der Waals surface area contributed by atoms with Gasteiger partial charge in [0.2, 0.25) is 0 Å². The molecule has 3 aromatic carbocycles. The second-order valence-corrected chi connectivity index (χ2v) is 22.1. The fourth-order valence-electron chi connectivity index (χ4n) is 4.74. The zero-order valence-corrected chi connectivity index (χ0v) is 24.8. The van der Waals surface area contributed by atoms with Gasteiger partial charge in [0, 0.05) is 24.4 Å². The highest BCUT2D eigenvalue weighted by Gasteiger charge is 2.23. The summed E-state index contributed by atoms with van der Waals surface area (Å²) in [4.78, 5) is 9.83. The summed E-state index contributed by atoms with van der Waals surface area (Å²) in [5.41, 5.74) is 7.14. The molecule has 0 spiro atoms. The van der Waals surface area contributed by atoms with Crippen molar-refractivity contribution < 1.29 is 5.11 Å². The Bertz CT molecular complexity index is 1620. The van der Waals surface area contributed by atoms with Crippen molar-refractivity contribution in [3.63, 3.8) is 0 Å². The molecule has 37 heavy (non-hydrogen) atoms. The predicted octanol–water partition coefficient (Wildman–Crippen LogP) is 6.77. The second kappa shape index (κ2) is 9.12. The molecule has 1 N–H and O–H groups in total. The van der Waals surface area contributed by atoms with E-state index in [2.05, 4.69) is 92.4 Å². The first kappa shape index (κ1) is 25.2. The van der Waals surface area contributed by atoms with Crippen molar-refractivity contribution in [2.45, 2.75) is 39.3 Å². The first-order valence-corrected chi connectivity index (χ1v) is 19.8. The lowest BCUT2D eigenvalue weighted by Crippen LogP contribution is -2.37. The van der Waals surface area contributed by atoms with Gasteiger partial charge in [-0.1, -0.05) is 86.1 Å². The number of aromatic hydroxyl groups is 1. The van der Waals surface area contributed by atoms with E-state index in [1.54, 1.807) is 6.07 Å². The summed E-state index contributed by atoms with van der Waals surface area (Å²) in [6.45, 7) is 14.2. The van der Waals surface area contributed by atoms with Gasteiger partial charge in [0.25, 0.3) is 0 Å². The summed E-state index contributed by atoms with van der Waals surface area (Å²) in [7, 11) is -1.03. The maximum absolute atomic E-state index is 10.6. The Balaban J connectivity index is 1.74.